The van der Waals surface area contributed by atoms with Crippen LogP contribution in [0.2, 0.25) is 0 Å². The standard InChI is InChI=1S/C6H14NO/c1-5-3-8(7)4-6(5)2/h5-6H,3-4,7H2,1-2H3/q+1. The van der Waals surface area contributed by atoms with Crippen molar-refractivity contribution in [2.75, 3.05) is 13.2 Å². The maximum Gasteiger partial charge on any atom is 0.171 e. The highest BCUT2D eigenvalue weighted by Gasteiger charge is 2.29. The molecule has 0 bridgehead atoms. The molecule has 1 fully saturated rings. The highest BCUT2D eigenvalue weighted by Crippen LogP contribution is 2.21. The van der Waals surface area contributed by atoms with Crippen molar-refractivity contribution in [3.8, 4) is 0 Å². The SMILES string of the molecule is CC1C[O+](N)CC1C. The molecule has 0 spiro atoms. The number of hydrogen-bond acceptors (Lipinski definition) is 1. The second-order valence-electron chi connectivity index (χ2n) is 2.83. The molecule has 2 unspecified atom stereocenters. The normalized spacial score (nSPS) is 40.9. The van der Waals surface area contributed by atoms with Crippen LogP contribution in [0.1, 0.15) is 13.8 Å². The summed E-state index contributed by atoms with van der Waals surface area (Å²) in [6.45, 7) is 6.43. The summed E-state index contributed by atoms with van der Waals surface area (Å²) in [6, 6.07) is 0. The molecule has 0 aromatic heterocycles. The minimum atomic E-state index is 0.755. The maximum absolute atomic E-state index is 5.47. The summed E-state index contributed by atoms with van der Waals surface area (Å²) < 4.78 is 2.60. The molecule has 0 aromatic carbocycles. The van der Waals surface area contributed by atoms with Gasteiger partial charge < -0.3 is 4.47 Å². The van der Waals surface area contributed by atoms with Crippen LogP contribution in [0.4, 0.5) is 0 Å². The minimum Gasteiger partial charge on any atom is -0.320 e. The average molecular weight is 116 g/mol. The summed E-state index contributed by atoms with van der Waals surface area (Å²) in [4.78, 5) is 0. The van der Waals surface area contributed by atoms with Crippen LogP contribution >= 0.6 is 0 Å². The van der Waals surface area contributed by atoms with Crippen molar-refractivity contribution in [1.82, 2.24) is 0 Å². The van der Waals surface area contributed by atoms with Crippen LogP contribution in [0.25, 0.3) is 0 Å². The Labute approximate surface area is 50.3 Å². The molecule has 0 saturated carbocycles. The van der Waals surface area contributed by atoms with Crippen molar-refractivity contribution in [2.24, 2.45) is 17.7 Å². The fourth-order valence-electron chi connectivity index (χ4n) is 1.07. The van der Waals surface area contributed by atoms with E-state index in [4.69, 9.17) is 5.90 Å². The van der Waals surface area contributed by atoms with E-state index in [0.29, 0.717) is 0 Å². The molecular weight excluding hydrogens is 102 g/mol. The Morgan fingerprint density at radius 2 is 1.62 bits per heavy atom. The van der Waals surface area contributed by atoms with Gasteiger partial charge in [-0.25, -0.2) is 0 Å². The van der Waals surface area contributed by atoms with Gasteiger partial charge in [-0.05, 0) is 0 Å². The smallest absolute Gasteiger partial charge is 0.171 e. The lowest BCUT2D eigenvalue weighted by atomic mass is 10.0. The quantitative estimate of drug-likeness (QED) is 0.464. The summed E-state index contributed by atoms with van der Waals surface area (Å²) in [7, 11) is 0. The van der Waals surface area contributed by atoms with E-state index in [1.54, 1.807) is 0 Å². The first kappa shape index (κ1) is 6.05. The van der Waals surface area contributed by atoms with Gasteiger partial charge in [0, 0.05) is 11.8 Å². The van der Waals surface area contributed by atoms with Gasteiger partial charge in [-0.3, -0.25) is 0 Å². The fraction of sp³-hybridized carbons (Fsp3) is 1.00. The van der Waals surface area contributed by atoms with Gasteiger partial charge in [-0.15, -0.1) is 5.90 Å². The topological polar surface area (TPSA) is 28.7 Å². The number of hydrogen-bond donors (Lipinski definition) is 1. The Kier molecular flexibility index (Phi) is 1.54. The summed E-state index contributed by atoms with van der Waals surface area (Å²) in [5.74, 6) is 6.97. The van der Waals surface area contributed by atoms with Crippen LogP contribution in [0.5, 0.6) is 0 Å². The van der Waals surface area contributed by atoms with Gasteiger partial charge in [-0.1, -0.05) is 13.8 Å². The van der Waals surface area contributed by atoms with Gasteiger partial charge in [0.25, 0.3) is 0 Å². The Hall–Kier alpha value is -0.0800. The summed E-state index contributed by atoms with van der Waals surface area (Å²) in [5, 5.41) is 0. The second-order valence-corrected chi connectivity index (χ2v) is 2.83. The zero-order chi connectivity index (χ0) is 6.15. The number of rotatable bonds is 0. The molecule has 2 heteroatoms. The molecule has 0 aliphatic carbocycles. The van der Waals surface area contributed by atoms with Crippen LogP contribution in [-0.4, -0.2) is 13.2 Å². The fourth-order valence-corrected chi connectivity index (χ4v) is 1.07. The van der Waals surface area contributed by atoms with Gasteiger partial charge in [0.05, 0.1) is 0 Å². The van der Waals surface area contributed by atoms with E-state index in [1.165, 1.54) is 0 Å². The molecule has 1 heterocycles. The van der Waals surface area contributed by atoms with Crippen LogP contribution in [0, 0.1) is 11.8 Å². The largest absolute Gasteiger partial charge is 0.320 e. The molecule has 2 nitrogen and oxygen atoms in total. The lowest BCUT2D eigenvalue weighted by Crippen LogP contribution is -2.18. The Morgan fingerprint density at radius 3 is 1.75 bits per heavy atom. The molecule has 1 saturated heterocycles. The van der Waals surface area contributed by atoms with E-state index in [1.807, 2.05) is 0 Å². The van der Waals surface area contributed by atoms with Crippen LogP contribution < -0.4 is 5.90 Å². The van der Waals surface area contributed by atoms with Crippen LogP contribution in [-0.2, 0) is 4.47 Å². The molecule has 1 rings (SSSR count). The zero-order valence-corrected chi connectivity index (χ0v) is 5.55. The first-order valence-corrected chi connectivity index (χ1v) is 3.12. The molecule has 0 aromatic rings. The maximum atomic E-state index is 5.47. The molecule has 1 aliphatic heterocycles. The lowest BCUT2D eigenvalue weighted by Gasteiger charge is -1.99. The highest BCUT2D eigenvalue weighted by atomic mass is 16.8. The predicted molar refractivity (Wildman–Crippen MR) is 33.3 cm³/mol. The summed E-state index contributed by atoms with van der Waals surface area (Å²) >= 11 is 0. The molecule has 1 aliphatic rings. The van der Waals surface area contributed by atoms with E-state index < -0.39 is 0 Å². The Balaban J connectivity index is 2.39. The van der Waals surface area contributed by atoms with Gasteiger partial charge in [-0.2, -0.15) is 0 Å². The Bertz CT molecular complexity index is 74.6. The predicted octanol–water partition coefficient (Wildman–Crippen LogP) is 0.698. The van der Waals surface area contributed by atoms with Gasteiger partial charge in [0.1, 0.15) is 0 Å². The van der Waals surface area contributed by atoms with E-state index in [-0.39, 0.29) is 0 Å². The van der Waals surface area contributed by atoms with E-state index in [0.717, 1.165) is 25.0 Å². The first-order valence-electron chi connectivity index (χ1n) is 3.12. The molecule has 2 atom stereocenters. The number of nitrogens with two attached hydrogens (primary N) is 1. The van der Waals surface area contributed by atoms with Crippen LogP contribution in [0.3, 0.4) is 0 Å². The van der Waals surface area contributed by atoms with Crippen molar-refractivity contribution in [1.29, 1.82) is 0 Å². The highest BCUT2D eigenvalue weighted by molar-refractivity contribution is 4.67. The average Bonchev–Trinajstić information content (AvgIpc) is 1.85. The van der Waals surface area contributed by atoms with Crippen molar-refractivity contribution in [2.45, 2.75) is 13.8 Å². The lowest BCUT2D eigenvalue weighted by molar-refractivity contribution is -0.117. The zero-order valence-electron chi connectivity index (χ0n) is 5.55. The minimum absolute atomic E-state index is 0.755. The molecule has 0 amide bonds. The van der Waals surface area contributed by atoms with E-state index in [9.17, 15) is 0 Å². The third kappa shape index (κ3) is 1.01. The van der Waals surface area contributed by atoms with Crippen molar-refractivity contribution >= 4 is 0 Å². The van der Waals surface area contributed by atoms with Gasteiger partial charge in [0.15, 0.2) is 13.2 Å². The monoisotopic (exact) mass is 116 g/mol. The molecule has 48 valence electrons. The molecular formula is C6H14NO+. The van der Waals surface area contributed by atoms with E-state index >= 15 is 0 Å². The molecule has 8 heavy (non-hydrogen) atoms. The Morgan fingerprint density at radius 1 is 1.25 bits per heavy atom. The molecule has 0 radical (unpaired) electrons. The van der Waals surface area contributed by atoms with Crippen molar-refractivity contribution in [3.63, 3.8) is 0 Å². The summed E-state index contributed by atoms with van der Waals surface area (Å²) in [6.07, 6.45) is 0. The van der Waals surface area contributed by atoms with Crippen molar-refractivity contribution in [3.05, 3.63) is 0 Å². The first-order chi connectivity index (χ1) is 3.70. The third-order valence-electron chi connectivity index (χ3n) is 1.93. The van der Waals surface area contributed by atoms with E-state index in [2.05, 4.69) is 18.3 Å². The summed E-state index contributed by atoms with van der Waals surface area (Å²) in [5.41, 5.74) is 0. The van der Waals surface area contributed by atoms with Gasteiger partial charge >= 0.3 is 0 Å². The van der Waals surface area contributed by atoms with Crippen molar-refractivity contribution < 1.29 is 4.47 Å². The molecule has 2 N–H and O–H groups in total. The van der Waals surface area contributed by atoms with Gasteiger partial charge in [0.2, 0.25) is 0 Å². The van der Waals surface area contributed by atoms with Crippen LogP contribution in [0.15, 0.2) is 0 Å². The second kappa shape index (κ2) is 2.03. The third-order valence-corrected chi connectivity index (χ3v) is 1.93.